The molecule has 0 fully saturated rings. The SMILES string of the molecule is NCCCc1nc(-c2ccccc2Br)n[nH]1. The lowest BCUT2D eigenvalue weighted by Gasteiger charge is -1.97. The van der Waals surface area contributed by atoms with Crippen LogP contribution >= 0.6 is 15.9 Å². The van der Waals surface area contributed by atoms with E-state index in [1.807, 2.05) is 24.3 Å². The molecule has 5 heteroatoms. The standard InChI is InChI=1S/C11H13BrN4/c12-9-5-2-1-4-8(9)11-14-10(15-16-11)6-3-7-13/h1-2,4-5H,3,6-7,13H2,(H,14,15,16). The normalized spacial score (nSPS) is 10.6. The van der Waals surface area contributed by atoms with Crippen LogP contribution in [-0.2, 0) is 6.42 Å². The molecule has 1 heterocycles. The van der Waals surface area contributed by atoms with Gasteiger partial charge in [-0.05, 0) is 25.1 Å². The van der Waals surface area contributed by atoms with Gasteiger partial charge in [-0.25, -0.2) is 4.98 Å². The number of nitrogens with one attached hydrogen (secondary N) is 1. The minimum atomic E-state index is 0.672. The second-order valence-corrected chi connectivity index (χ2v) is 4.33. The second-order valence-electron chi connectivity index (χ2n) is 3.48. The zero-order chi connectivity index (χ0) is 11.4. The number of benzene rings is 1. The summed E-state index contributed by atoms with van der Waals surface area (Å²) in [5.74, 6) is 1.61. The molecule has 0 spiro atoms. The summed E-state index contributed by atoms with van der Waals surface area (Å²) in [7, 11) is 0. The van der Waals surface area contributed by atoms with Gasteiger partial charge in [-0.1, -0.05) is 28.1 Å². The van der Waals surface area contributed by atoms with Crippen LogP contribution in [-0.4, -0.2) is 21.7 Å². The Hall–Kier alpha value is -1.20. The van der Waals surface area contributed by atoms with Crippen molar-refractivity contribution in [2.75, 3.05) is 6.54 Å². The maximum Gasteiger partial charge on any atom is 0.182 e. The first-order valence-electron chi connectivity index (χ1n) is 5.17. The molecule has 0 aliphatic carbocycles. The van der Waals surface area contributed by atoms with Crippen LogP contribution in [0.1, 0.15) is 12.2 Å². The Morgan fingerprint density at radius 1 is 1.31 bits per heavy atom. The van der Waals surface area contributed by atoms with Crippen LogP contribution in [0.3, 0.4) is 0 Å². The van der Waals surface area contributed by atoms with E-state index in [4.69, 9.17) is 5.73 Å². The molecule has 2 aromatic rings. The Kier molecular flexibility index (Phi) is 3.69. The first-order chi connectivity index (χ1) is 7.81. The lowest BCUT2D eigenvalue weighted by molar-refractivity contribution is 0.785. The van der Waals surface area contributed by atoms with Gasteiger partial charge in [0.25, 0.3) is 0 Å². The van der Waals surface area contributed by atoms with E-state index in [-0.39, 0.29) is 0 Å². The van der Waals surface area contributed by atoms with Crippen molar-refractivity contribution in [3.63, 3.8) is 0 Å². The molecule has 0 unspecified atom stereocenters. The molecule has 3 N–H and O–H groups in total. The molecule has 0 saturated carbocycles. The smallest absolute Gasteiger partial charge is 0.182 e. The van der Waals surface area contributed by atoms with Gasteiger partial charge < -0.3 is 5.73 Å². The highest BCUT2D eigenvalue weighted by Gasteiger charge is 2.08. The fourth-order valence-corrected chi connectivity index (χ4v) is 1.90. The van der Waals surface area contributed by atoms with E-state index in [0.717, 1.165) is 34.5 Å². The van der Waals surface area contributed by atoms with Crippen LogP contribution in [0.4, 0.5) is 0 Å². The highest BCUT2D eigenvalue weighted by molar-refractivity contribution is 9.10. The van der Waals surface area contributed by atoms with Crippen LogP contribution in [0, 0.1) is 0 Å². The third-order valence-electron chi connectivity index (χ3n) is 2.26. The number of nitrogens with two attached hydrogens (primary N) is 1. The fourth-order valence-electron chi connectivity index (χ4n) is 1.44. The number of aromatic nitrogens is 3. The molecule has 0 saturated heterocycles. The fraction of sp³-hybridized carbons (Fsp3) is 0.273. The van der Waals surface area contributed by atoms with Crippen LogP contribution in [0.2, 0.25) is 0 Å². The van der Waals surface area contributed by atoms with Crippen LogP contribution in [0.5, 0.6) is 0 Å². The van der Waals surface area contributed by atoms with Gasteiger partial charge in [0.1, 0.15) is 5.82 Å². The van der Waals surface area contributed by atoms with E-state index in [1.54, 1.807) is 0 Å². The topological polar surface area (TPSA) is 67.6 Å². The van der Waals surface area contributed by atoms with Gasteiger partial charge in [0.05, 0.1) is 0 Å². The van der Waals surface area contributed by atoms with Gasteiger partial charge in [0.15, 0.2) is 5.82 Å². The van der Waals surface area contributed by atoms with Gasteiger partial charge in [-0.3, -0.25) is 5.10 Å². The molecular formula is C11H13BrN4. The minimum absolute atomic E-state index is 0.672. The van der Waals surface area contributed by atoms with Gasteiger partial charge in [-0.2, -0.15) is 5.10 Å². The molecule has 1 aromatic carbocycles. The van der Waals surface area contributed by atoms with Crippen LogP contribution in [0.15, 0.2) is 28.7 Å². The Morgan fingerprint density at radius 3 is 2.88 bits per heavy atom. The molecule has 4 nitrogen and oxygen atoms in total. The number of hydrogen-bond donors (Lipinski definition) is 2. The molecule has 1 aromatic heterocycles. The van der Waals surface area contributed by atoms with E-state index in [1.165, 1.54) is 0 Å². The van der Waals surface area contributed by atoms with E-state index in [0.29, 0.717) is 6.54 Å². The molecule has 0 bridgehead atoms. The van der Waals surface area contributed by atoms with Crippen molar-refractivity contribution in [2.45, 2.75) is 12.8 Å². The number of H-pyrrole nitrogens is 1. The van der Waals surface area contributed by atoms with E-state index in [9.17, 15) is 0 Å². The first kappa shape index (κ1) is 11.3. The minimum Gasteiger partial charge on any atom is -0.330 e. The summed E-state index contributed by atoms with van der Waals surface area (Å²) in [6, 6.07) is 7.90. The van der Waals surface area contributed by atoms with Crippen molar-refractivity contribution in [3.8, 4) is 11.4 Å². The third-order valence-corrected chi connectivity index (χ3v) is 2.96. The number of halogens is 1. The van der Waals surface area contributed by atoms with Gasteiger partial charge in [0.2, 0.25) is 0 Å². The van der Waals surface area contributed by atoms with E-state index >= 15 is 0 Å². The Bertz CT molecular complexity index is 467. The van der Waals surface area contributed by atoms with Crippen molar-refractivity contribution in [1.29, 1.82) is 0 Å². The van der Waals surface area contributed by atoms with Gasteiger partial charge >= 0.3 is 0 Å². The highest BCUT2D eigenvalue weighted by atomic mass is 79.9. The van der Waals surface area contributed by atoms with E-state index in [2.05, 4.69) is 31.1 Å². The zero-order valence-corrected chi connectivity index (χ0v) is 10.4. The molecule has 0 aliphatic rings. The summed E-state index contributed by atoms with van der Waals surface area (Å²) in [5.41, 5.74) is 6.45. The lowest BCUT2D eigenvalue weighted by atomic mass is 10.2. The molecule has 0 radical (unpaired) electrons. The molecule has 84 valence electrons. The zero-order valence-electron chi connectivity index (χ0n) is 8.78. The maximum absolute atomic E-state index is 5.45. The van der Waals surface area contributed by atoms with Crippen LogP contribution in [0.25, 0.3) is 11.4 Å². The Labute approximate surface area is 102 Å². The molecule has 0 amide bonds. The van der Waals surface area contributed by atoms with Crippen molar-refractivity contribution in [1.82, 2.24) is 15.2 Å². The summed E-state index contributed by atoms with van der Waals surface area (Å²) in [5, 5.41) is 7.12. The highest BCUT2D eigenvalue weighted by Crippen LogP contribution is 2.24. The van der Waals surface area contributed by atoms with E-state index < -0.39 is 0 Å². The quantitative estimate of drug-likeness (QED) is 0.902. The number of hydrogen-bond acceptors (Lipinski definition) is 3. The van der Waals surface area contributed by atoms with Gasteiger partial charge in [-0.15, -0.1) is 0 Å². The number of aryl methyl sites for hydroxylation is 1. The maximum atomic E-state index is 5.45. The summed E-state index contributed by atoms with van der Waals surface area (Å²) < 4.78 is 0.999. The number of aromatic amines is 1. The van der Waals surface area contributed by atoms with Crippen molar-refractivity contribution in [2.24, 2.45) is 5.73 Å². The average Bonchev–Trinajstić information content (AvgIpc) is 2.75. The first-order valence-corrected chi connectivity index (χ1v) is 5.97. The Balaban J connectivity index is 2.22. The third kappa shape index (κ3) is 2.48. The lowest BCUT2D eigenvalue weighted by Crippen LogP contribution is -2.01. The predicted molar refractivity (Wildman–Crippen MR) is 66.9 cm³/mol. The second kappa shape index (κ2) is 5.23. The molecule has 2 rings (SSSR count). The molecule has 0 atom stereocenters. The monoisotopic (exact) mass is 280 g/mol. The number of rotatable bonds is 4. The Morgan fingerprint density at radius 2 is 2.12 bits per heavy atom. The average molecular weight is 281 g/mol. The van der Waals surface area contributed by atoms with Crippen molar-refractivity contribution >= 4 is 15.9 Å². The molecular weight excluding hydrogens is 268 g/mol. The summed E-state index contributed by atoms with van der Waals surface area (Å²) in [4.78, 5) is 4.43. The summed E-state index contributed by atoms with van der Waals surface area (Å²) >= 11 is 3.48. The summed E-state index contributed by atoms with van der Waals surface area (Å²) in [6.07, 6.45) is 1.76. The molecule has 16 heavy (non-hydrogen) atoms. The predicted octanol–water partition coefficient (Wildman–Crippen LogP) is 2.13. The summed E-state index contributed by atoms with van der Waals surface area (Å²) in [6.45, 7) is 0.672. The largest absolute Gasteiger partial charge is 0.330 e. The molecule has 0 aliphatic heterocycles. The number of nitrogens with zero attached hydrogens (tertiary/aromatic N) is 2. The van der Waals surface area contributed by atoms with Crippen molar-refractivity contribution in [3.05, 3.63) is 34.6 Å². The van der Waals surface area contributed by atoms with Crippen LogP contribution < -0.4 is 5.73 Å². The van der Waals surface area contributed by atoms with Crippen molar-refractivity contribution < 1.29 is 0 Å². The van der Waals surface area contributed by atoms with Gasteiger partial charge in [0, 0.05) is 16.5 Å².